The van der Waals surface area contributed by atoms with Crippen LogP contribution in [-0.2, 0) is 6.54 Å². The molecule has 0 saturated heterocycles. The first-order valence-electron chi connectivity index (χ1n) is 4.85. The molecule has 3 heterocycles. The third-order valence-electron chi connectivity index (χ3n) is 2.22. The minimum atomic E-state index is -0.353. The number of hydrogen-bond acceptors (Lipinski definition) is 6. The third-order valence-corrected chi connectivity index (χ3v) is 3.33. The Balaban J connectivity index is 1.99. The third kappa shape index (κ3) is 1.68. The molecule has 1 unspecified atom stereocenters. The zero-order valence-electron chi connectivity index (χ0n) is 8.32. The maximum atomic E-state index is 9.50. The number of hydrogen-bond donors (Lipinski definition) is 1. The molecule has 2 aromatic heterocycles. The Morgan fingerprint density at radius 2 is 2.38 bits per heavy atom. The van der Waals surface area contributed by atoms with E-state index in [1.54, 1.807) is 23.3 Å². The minimum absolute atomic E-state index is 0.353. The number of aliphatic hydroxyl groups is 1. The second kappa shape index (κ2) is 3.84. The van der Waals surface area contributed by atoms with Gasteiger partial charge in [-0.3, -0.25) is 4.98 Å². The average Bonchev–Trinajstić information content (AvgIpc) is 2.73. The average molecular weight is 235 g/mol. The number of aliphatic hydroxyl groups excluding tert-OH is 1. The van der Waals surface area contributed by atoms with Crippen molar-refractivity contribution >= 4 is 11.8 Å². The van der Waals surface area contributed by atoms with Crippen LogP contribution in [0.4, 0.5) is 0 Å². The van der Waals surface area contributed by atoms with Gasteiger partial charge in [-0.05, 0) is 0 Å². The Morgan fingerprint density at radius 1 is 1.44 bits per heavy atom. The van der Waals surface area contributed by atoms with Crippen molar-refractivity contribution in [2.75, 3.05) is 5.75 Å². The Hall–Kier alpha value is -1.47. The van der Waals surface area contributed by atoms with Crippen molar-refractivity contribution < 1.29 is 5.11 Å². The predicted octanol–water partition coefficient (Wildman–Crippen LogP) is 0.202. The Morgan fingerprint density at radius 3 is 3.19 bits per heavy atom. The zero-order chi connectivity index (χ0) is 11.0. The van der Waals surface area contributed by atoms with Gasteiger partial charge < -0.3 is 5.11 Å². The molecule has 0 bridgehead atoms. The fraction of sp³-hybridized carbons (Fsp3) is 0.333. The van der Waals surface area contributed by atoms with Crippen molar-refractivity contribution in [3.63, 3.8) is 0 Å². The van der Waals surface area contributed by atoms with E-state index < -0.39 is 0 Å². The summed E-state index contributed by atoms with van der Waals surface area (Å²) in [4.78, 5) is 12.5. The molecule has 0 fully saturated rings. The summed E-state index contributed by atoms with van der Waals surface area (Å²) in [5, 5.41) is 14.6. The second-order valence-electron chi connectivity index (χ2n) is 3.46. The molecule has 1 aliphatic rings. The van der Waals surface area contributed by atoms with Crippen LogP contribution >= 0.6 is 11.8 Å². The number of aromatic nitrogens is 5. The van der Waals surface area contributed by atoms with Crippen molar-refractivity contribution in [2.24, 2.45) is 0 Å². The van der Waals surface area contributed by atoms with Crippen LogP contribution in [0.2, 0.25) is 0 Å². The van der Waals surface area contributed by atoms with Crippen LogP contribution in [0.3, 0.4) is 0 Å². The number of nitrogens with zero attached hydrogens (tertiary/aromatic N) is 5. The molecule has 1 aliphatic heterocycles. The highest BCUT2D eigenvalue weighted by Gasteiger charge is 2.21. The van der Waals surface area contributed by atoms with Gasteiger partial charge in [0.15, 0.2) is 5.16 Å². The molecular weight excluding hydrogens is 226 g/mol. The van der Waals surface area contributed by atoms with E-state index in [1.165, 1.54) is 11.8 Å². The molecule has 0 saturated carbocycles. The van der Waals surface area contributed by atoms with Gasteiger partial charge in [0, 0.05) is 18.1 Å². The quantitative estimate of drug-likeness (QED) is 0.761. The standard InChI is InChI=1S/C9H9N5OS/c15-6-4-14-9(16-5-6)12-8(13-14)7-3-10-1-2-11-7/h1-3,6,15H,4-5H2. The normalized spacial score (nSPS) is 19.4. The van der Waals surface area contributed by atoms with E-state index in [2.05, 4.69) is 20.1 Å². The van der Waals surface area contributed by atoms with Crippen LogP contribution in [0, 0.1) is 0 Å². The van der Waals surface area contributed by atoms with Gasteiger partial charge in [-0.2, -0.15) is 4.98 Å². The molecule has 1 atom stereocenters. The topological polar surface area (TPSA) is 76.7 Å². The van der Waals surface area contributed by atoms with Gasteiger partial charge in [-0.1, -0.05) is 11.8 Å². The largest absolute Gasteiger partial charge is 0.390 e. The van der Waals surface area contributed by atoms with Crippen LogP contribution in [0.5, 0.6) is 0 Å². The van der Waals surface area contributed by atoms with E-state index in [1.807, 2.05) is 0 Å². The van der Waals surface area contributed by atoms with E-state index in [-0.39, 0.29) is 6.10 Å². The molecule has 0 spiro atoms. The molecule has 2 aromatic rings. The molecule has 16 heavy (non-hydrogen) atoms. The number of thioether (sulfide) groups is 1. The van der Waals surface area contributed by atoms with Crippen molar-refractivity contribution in [1.29, 1.82) is 0 Å². The minimum Gasteiger partial charge on any atom is -0.390 e. The van der Waals surface area contributed by atoms with Crippen LogP contribution in [0.15, 0.2) is 23.7 Å². The maximum absolute atomic E-state index is 9.50. The summed E-state index contributed by atoms with van der Waals surface area (Å²) < 4.78 is 1.71. The summed E-state index contributed by atoms with van der Waals surface area (Å²) in [7, 11) is 0. The molecule has 0 amide bonds. The molecule has 0 radical (unpaired) electrons. The summed E-state index contributed by atoms with van der Waals surface area (Å²) in [5.74, 6) is 1.23. The lowest BCUT2D eigenvalue weighted by atomic mass is 10.4. The monoisotopic (exact) mass is 235 g/mol. The smallest absolute Gasteiger partial charge is 0.202 e. The van der Waals surface area contributed by atoms with Crippen LogP contribution in [0.25, 0.3) is 11.5 Å². The van der Waals surface area contributed by atoms with E-state index in [0.29, 0.717) is 23.8 Å². The Labute approximate surface area is 95.8 Å². The van der Waals surface area contributed by atoms with Crippen LogP contribution in [-0.4, -0.2) is 41.7 Å². The van der Waals surface area contributed by atoms with Crippen LogP contribution < -0.4 is 0 Å². The van der Waals surface area contributed by atoms with E-state index in [0.717, 1.165) is 5.16 Å². The fourth-order valence-corrected chi connectivity index (χ4v) is 2.36. The highest BCUT2D eigenvalue weighted by atomic mass is 32.2. The summed E-state index contributed by atoms with van der Waals surface area (Å²) in [5.41, 5.74) is 0.652. The lowest BCUT2D eigenvalue weighted by molar-refractivity contribution is 0.164. The fourth-order valence-electron chi connectivity index (χ4n) is 1.50. The number of fused-ring (bicyclic) bond motifs is 1. The highest BCUT2D eigenvalue weighted by Crippen LogP contribution is 2.24. The number of rotatable bonds is 1. The molecule has 3 rings (SSSR count). The van der Waals surface area contributed by atoms with Crippen molar-refractivity contribution in [3.05, 3.63) is 18.6 Å². The lowest BCUT2D eigenvalue weighted by Crippen LogP contribution is -2.24. The first kappa shape index (κ1) is 9.73. The molecule has 7 heteroatoms. The molecular formula is C9H9N5OS. The van der Waals surface area contributed by atoms with Crippen molar-refractivity contribution in [2.45, 2.75) is 17.8 Å². The lowest BCUT2D eigenvalue weighted by Gasteiger charge is -2.16. The van der Waals surface area contributed by atoms with Gasteiger partial charge in [0.25, 0.3) is 0 Å². The Kier molecular flexibility index (Phi) is 2.33. The van der Waals surface area contributed by atoms with Gasteiger partial charge in [0.05, 0.1) is 18.8 Å². The zero-order valence-corrected chi connectivity index (χ0v) is 9.13. The molecule has 0 aliphatic carbocycles. The Bertz CT molecular complexity index is 500. The summed E-state index contributed by atoms with van der Waals surface area (Å²) in [6.45, 7) is 0.496. The molecule has 6 nitrogen and oxygen atoms in total. The van der Waals surface area contributed by atoms with Crippen molar-refractivity contribution in [1.82, 2.24) is 24.7 Å². The van der Waals surface area contributed by atoms with Gasteiger partial charge in [-0.25, -0.2) is 9.67 Å². The molecule has 1 N–H and O–H groups in total. The van der Waals surface area contributed by atoms with E-state index in [4.69, 9.17) is 0 Å². The molecule has 82 valence electrons. The second-order valence-corrected chi connectivity index (χ2v) is 4.44. The summed E-state index contributed by atoms with van der Waals surface area (Å²) in [6.07, 6.45) is 4.49. The van der Waals surface area contributed by atoms with Crippen LogP contribution in [0.1, 0.15) is 0 Å². The summed E-state index contributed by atoms with van der Waals surface area (Å²) in [6, 6.07) is 0. The predicted molar refractivity (Wildman–Crippen MR) is 57.8 cm³/mol. The SMILES string of the molecule is OC1CSc2nc(-c3cnccn3)nn2C1. The van der Waals surface area contributed by atoms with Gasteiger partial charge in [0.2, 0.25) is 5.82 Å². The van der Waals surface area contributed by atoms with Crippen molar-refractivity contribution in [3.8, 4) is 11.5 Å². The highest BCUT2D eigenvalue weighted by molar-refractivity contribution is 7.99. The maximum Gasteiger partial charge on any atom is 0.202 e. The summed E-state index contributed by atoms with van der Waals surface area (Å²) >= 11 is 1.50. The van der Waals surface area contributed by atoms with Gasteiger partial charge in [0.1, 0.15) is 5.69 Å². The van der Waals surface area contributed by atoms with Gasteiger partial charge >= 0.3 is 0 Å². The first-order chi connectivity index (χ1) is 7.83. The van der Waals surface area contributed by atoms with Gasteiger partial charge in [-0.15, -0.1) is 5.10 Å². The van der Waals surface area contributed by atoms with E-state index >= 15 is 0 Å². The first-order valence-corrected chi connectivity index (χ1v) is 5.83. The van der Waals surface area contributed by atoms with E-state index in [9.17, 15) is 5.11 Å². The molecule has 0 aromatic carbocycles.